The lowest BCUT2D eigenvalue weighted by molar-refractivity contribution is 0.0792. The van der Waals surface area contributed by atoms with Crippen molar-refractivity contribution in [1.82, 2.24) is 0 Å². The maximum Gasteiger partial charge on any atom is 0.0847 e. The van der Waals surface area contributed by atoms with Crippen molar-refractivity contribution in [3.63, 3.8) is 0 Å². The predicted octanol–water partition coefficient (Wildman–Crippen LogP) is 5.90. The van der Waals surface area contributed by atoms with E-state index in [1.807, 2.05) is 42.5 Å². The smallest absolute Gasteiger partial charge is 0.0847 e. The van der Waals surface area contributed by atoms with Gasteiger partial charge in [0.15, 0.2) is 0 Å². The monoisotopic (exact) mass is 328 g/mol. The fourth-order valence-corrected chi connectivity index (χ4v) is 2.81. The van der Waals surface area contributed by atoms with Crippen LogP contribution in [0.1, 0.15) is 27.5 Å². The Kier molecular flexibility index (Phi) is 2.67. The molecule has 0 atom stereocenters. The fourth-order valence-electron chi connectivity index (χ4n) is 2.64. The summed E-state index contributed by atoms with van der Waals surface area (Å²) in [7, 11) is 0. The Hall–Kier alpha value is -2.09. The maximum atomic E-state index is 11.1. The summed E-state index contributed by atoms with van der Waals surface area (Å²) < 4.78 is 46.8. The Morgan fingerprint density at radius 3 is 2.17 bits per heavy atom. The van der Waals surface area contributed by atoms with E-state index in [0.29, 0.717) is 11.1 Å². The van der Waals surface area contributed by atoms with E-state index in [2.05, 4.69) is 0 Å². The van der Waals surface area contributed by atoms with Crippen LogP contribution in [-0.4, -0.2) is 5.11 Å². The second kappa shape index (κ2) is 6.19. The van der Waals surface area contributed by atoms with Gasteiger partial charge in [0.2, 0.25) is 0 Å². The zero-order chi connectivity index (χ0) is 21.4. The van der Waals surface area contributed by atoms with Gasteiger partial charge in [0.25, 0.3) is 0 Å². The van der Waals surface area contributed by atoms with Crippen LogP contribution < -0.4 is 0 Å². The van der Waals surface area contributed by atoms with Gasteiger partial charge in [0.05, 0.1) is 5.60 Å². The van der Waals surface area contributed by atoms with Gasteiger partial charge in [-0.05, 0) is 53.7 Å². The maximum absolute atomic E-state index is 11.1. The third-order valence-electron chi connectivity index (χ3n) is 3.67. The van der Waals surface area contributed by atoms with Crippen molar-refractivity contribution in [2.24, 2.45) is 0 Å². The summed E-state index contributed by atoms with van der Waals surface area (Å²) in [5.41, 5.74) is -0.816. The average Bonchev–Trinajstić information content (AvgIpc) is 2.66. The average molecular weight is 329 g/mol. The van der Waals surface area contributed by atoms with Gasteiger partial charge in [0, 0.05) is 13.2 Å². The lowest BCUT2D eigenvalue weighted by atomic mass is 9.86. The van der Waals surface area contributed by atoms with Crippen molar-refractivity contribution in [2.45, 2.75) is 19.3 Å². The summed E-state index contributed by atoms with van der Waals surface area (Å²) in [5, 5.41) is 11.2. The Bertz CT molecular complexity index is 998. The Morgan fingerprint density at radius 2 is 1.48 bits per heavy atom. The summed E-state index contributed by atoms with van der Waals surface area (Å²) in [4.78, 5) is 0. The number of rotatable bonds is 3. The van der Waals surface area contributed by atoms with Crippen LogP contribution in [0.3, 0.4) is 0 Å². The standard InChI is InChI=1S/C21H19ClO/c1-21(2,23)20-14-16(22)12-13-19(20)18-11-7-6-10-17(18)15-8-4-3-5-9-15/h3-14,23H,1-2H3/i1D3,2D3. The molecule has 0 fully saturated rings. The van der Waals surface area contributed by atoms with Crippen LogP contribution in [0, 0.1) is 0 Å². The molecule has 0 aliphatic heterocycles. The molecule has 2 heteroatoms. The summed E-state index contributed by atoms with van der Waals surface area (Å²) in [6.45, 7) is -6.42. The molecule has 0 amide bonds. The molecule has 0 unspecified atom stereocenters. The molecular weight excluding hydrogens is 304 g/mol. The van der Waals surface area contributed by atoms with Crippen molar-refractivity contribution in [3.8, 4) is 22.3 Å². The third-order valence-corrected chi connectivity index (χ3v) is 3.91. The molecule has 0 bridgehead atoms. The van der Waals surface area contributed by atoms with Gasteiger partial charge in [-0.3, -0.25) is 0 Å². The molecule has 0 radical (unpaired) electrons. The predicted molar refractivity (Wildman–Crippen MR) is 97.6 cm³/mol. The SMILES string of the molecule is [2H]C([2H])([2H])C(O)(c1cc(Cl)ccc1-c1ccccc1-c1ccccc1)C([2H])([2H])[2H]. The molecule has 116 valence electrons. The second-order valence-electron chi connectivity index (χ2n) is 5.31. The van der Waals surface area contributed by atoms with Gasteiger partial charge < -0.3 is 5.11 Å². The van der Waals surface area contributed by atoms with Crippen LogP contribution in [0.25, 0.3) is 22.3 Å². The Labute approximate surface area is 150 Å². The van der Waals surface area contributed by atoms with Gasteiger partial charge in [-0.15, -0.1) is 0 Å². The highest BCUT2D eigenvalue weighted by Gasteiger charge is 2.22. The van der Waals surface area contributed by atoms with E-state index in [0.717, 1.165) is 11.1 Å². The quantitative estimate of drug-likeness (QED) is 0.634. The van der Waals surface area contributed by atoms with E-state index in [9.17, 15) is 5.11 Å². The highest BCUT2D eigenvalue weighted by molar-refractivity contribution is 6.30. The zero-order valence-corrected chi connectivity index (χ0v) is 13.0. The minimum absolute atomic E-state index is 0.132. The molecule has 3 aromatic carbocycles. The summed E-state index contributed by atoms with van der Waals surface area (Å²) in [6.07, 6.45) is 0. The number of aliphatic hydroxyl groups is 1. The van der Waals surface area contributed by atoms with Crippen molar-refractivity contribution >= 4 is 11.6 Å². The van der Waals surface area contributed by atoms with Gasteiger partial charge in [-0.2, -0.15) is 0 Å². The molecule has 0 spiro atoms. The van der Waals surface area contributed by atoms with Crippen LogP contribution in [0.5, 0.6) is 0 Å². The fraction of sp³-hybridized carbons (Fsp3) is 0.143. The highest BCUT2D eigenvalue weighted by atomic mass is 35.5. The van der Waals surface area contributed by atoms with Gasteiger partial charge in [-0.1, -0.05) is 72.3 Å². The van der Waals surface area contributed by atoms with Crippen LogP contribution >= 0.6 is 11.6 Å². The van der Waals surface area contributed by atoms with Crippen molar-refractivity contribution in [2.75, 3.05) is 0 Å². The molecule has 0 saturated carbocycles. The molecule has 23 heavy (non-hydrogen) atoms. The molecule has 0 heterocycles. The van der Waals surface area contributed by atoms with E-state index < -0.39 is 19.3 Å². The minimum Gasteiger partial charge on any atom is -0.386 e. The second-order valence-corrected chi connectivity index (χ2v) is 5.75. The van der Waals surface area contributed by atoms with Gasteiger partial charge >= 0.3 is 0 Å². The van der Waals surface area contributed by atoms with Crippen LogP contribution in [0.15, 0.2) is 72.8 Å². The molecule has 0 aliphatic carbocycles. The lowest BCUT2D eigenvalue weighted by Crippen LogP contribution is -2.17. The Morgan fingerprint density at radius 1 is 0.826 bits per heavy atom. The molecule has 3 aromatic rings. The minimum atomic E-state index is -3.21. The summed E-state index contributed by atoms with van der Waals surface area (Å²) >= 11 is 6.09. The lowest BCUT2D eigenvalue weighted by Gasteiger charge is -2.23. The molecule has 0 aromatic heterocycles. The number of hydrogen-bond donors (Lipinski definition) is 1. The number of benzene rings is 3. The number of halogens is 1. The van der Waals surface area contributed by atoms with E-state index in [-0.39, 0.29) is 10.6 Å². The zero-order valence-electron chi connectivity index (χ0n) is 18.3. The summed E-state index contributed by atoms with van der Waals surface area (Å²) in [6, 6.07) is 20.9. The molecule has 0 aliphatic rings. The van der Waals surface area contributed by atoms with Crippen LogP contribution in [-0.2, 0) is 5.60 Å². The van der Waals surface area contributed by atoms with E-state index in [1.54, 1.807) is 24.3 Å². The summed E-state index contributed by atoms with van der Waals surface area (Å²) in [5.74, 6) is 0. The normalized spacial score (nSPS) is 16.4. The number of hydrogen-bond acceptors (Lipinski definition) is 1. The molecule has 1 N–H and O–H groups in total. The van der Waals surface area contributed by atoms with Crippen molar-refractivity contribution in [1.29, 1.82) is 0 Å². The highest BCUT2D eigenvalue weighted by Crippen LogP contribution is 2.38. The van der Waals surface area contributed by atoms with Gasteiger partial charge in [0.1, 0.15) is 0 Å². The van der Waals surface area contributed by atoms with Crippen LogP contribution in [0.4, 0.5) is 0 Å². The first kappa shape index (κ1) is 9.92. The topological polar surface area (TPSA) is 20.2 Å². The molecule has 1 nitrogen and oxygen atoms in total. The van der Waals surface area contributed by atoms with E-state index >= 15 is 0 Å². The molecule has 3 rings (SSSR count). The van der Waals surface area contributed by atoms with Crippen LogP contribution in [0.2, 0.25) is 5.02 Å². The molecule has 0 saturated heterocycles. The van der Waals surface area contributed by atoms with Crippen molar-refractivity contribution in [3.05, 3.63) is 83.4 Å². The van der Waals surface area contributed by atoms with Gasteiger partial charge in [-0.25, -0.2) is 0 Å². The third kappa shape index (κ3) is 3.31. The van der Waals surface area contributed by atoms with E-state index in [4.69, 9.17) is 19.8 Å². The molecular formula is C21H19ClO. The largest absolute Gasteiger partial charge is 0.386 e. The van der Waals surface area contributed by atoms with E-state index in [1.165, 1.54) is 6.07 Å². The first-order valence-corrected chi connectivity index (χ1v) is 7.52. The Balaban J connectivity index is 2.36. The first-order chi connectivity index (χ1) is 13.5. The first-order valence-electron chi connectivity index (χ1n) is 10.1. The van der Waals surface area contributed by atoms with Crippen molar-refractivity contribution < 1.29 is 13.3 Å².